The maximum absolute atomic E-state index is 13.7. The Morgan fingerprint density at radius 1 is 1.15 bits per heavy atom. The molecule has 41 heavy (non-hydrogen) atoms. The summed E-state index contributed by atoms with van der Waals surface area (Å²) in [5.74, 6) is -3.43. The van der Waals surface area contributed by atoms with E-state index in [9.17, 15) is 28.7 Å². The second kappa shape index (κ2) is 11.2. The van der Waals surface area contributed by atoms with Crippen LogP contribution in [-0.2, 0) is 28.2 Å². The number of aromatic hydroxyl groups is 1. The lowest BCUT2D eigenvalue weighted by molar-refractivity contribution is -0.145. The van der Waals surface area contributed by atoms with Crippen LogP contribution in [0.5, 0.6) is 5.75 Å². The molecule has 2 bridgehead atoms. The van der Waals surface area contributed by atoms with Crippen LogP contribution in [0.1, 0.15) is 60.4 Å². The predicted octanol–water partition coefficient (Wildman–Crippen LogP) is 1.85. The van der Waals surface area contributed by atoms with Crippen LogP contribution < -0.4 is 16.2 Å². The van der Waals surface area contributed by atoms with Crippen LogP contribution in [0.2, 0.25) is 0 Å². The Hall–Kier alpha value is -3.32. The largest absolute Gasteiger partial charge is 0.501 e. The molecule has 3 N–H and O–H groups in total. The number of rotatable bonds is 6. The summed E-state index contributed by atoms with van der Waals surface area (Å²) in [6.45, 7) is 3.01. The van der Waals surface area contributed by atoms with Crippen molar-refractivity contribution in [2.45, 2.75) is 57.2 Å². The lowest BCUT2D eigenvalue weighted by atomic mass is 9.68. The number of hydrogen-bond donors (Lipinski definition) is 3. The van der Waals surface area contributed by atoms with E-state index in [2.05, 4.69) is 36.4 Å². The van der Waals surface area contributed by atoms with Gasteiger partial charge in [0.1, 0.15) is 11.6 Å². The highest BCUT2D eigenvalue weighted by Gasteiger charge is 2.52. The molecule has 13 heteroatoms. The normalized spacial score (nSPS) is 23.5. The Labute approximate surface area is 245 Å². The Balaban J connectivity index is 1.52. The summed E-state index contributed by atoms with van der Waals surface area (Å²) >= 11 is 3.11. The maximum atomic E-state index is 13.7. The summed E-state index contributed by atoms with van der Waals surface area (Å²) < 4.78 is 15.2. The van der Waals surface area contributed by atoms with E-state index in [4.69, 9.17) is 0 Å². The van der Waals surface area contributed by atoms with Crippen molar-refractivity contribution < 1.29 is 23.9 Å². The molecule has 4 aliphatic rings. The standard InChI is InChI=1S/C28H34BrFN6O5/c1-34(2)25(41)23(39)33-28-9-7-27(8-10-28,15-35-11-3-4-12-35)16-36-24(40)21(37)20(32-26(28)36)22(38)31-14-17-5-6-19(30)18(29)13-17/h5-6,13,37H,3-4,7-12,14-16H2,1-2H3,(H,31,38)(H,33,39). The van der Waals surface area contributed by atoms with E-state index in [1.165, 1.54) is 41.8 Å². The van der Waals surface area contributed by atoms with Gasteiger partial charge in [0.25, 0.3) is 11.5 Å². The van der Waals surface area contributed by atoms with E-state index in [1.807, 2.05) is 0 Å². The summed E-state index contributed by atoms with van der Waals surface area (Å²) in [5, 5.41) is 16.4. The van der Waals surface area contributed by atoms with E-state index in [0.717, 1.165) is 32.5 Å². The number of nitrogens with zero attached hydrogens (tertiary/aromatic N) is 4. The van der Waals surface area contributed by atoms with E-state index in [1.54, 1.807) is 0 Å². The van der Waals surface area contributed by atoms with Gasteiger partial charge < -0.3 is 25.5 Å². The van der Waals surface area contributed by atoms with Crippen LogP contribution in [0.3, 0.4) is 0 Å². The fourth-order valence-corrected chi connectivity index (χ4v) is 6.76. The molecule has 6 rings (SSSR count). The molecule has 4 heterocycles. The molecule has 3 aliphatic heterocycles. The van der Waals surface area contributed by atoms with Crippen LogP contribution in [0.25, 0.3) is 0 Å². The van der Waals surface area contributed by atoms with Crippen molar-refractivity contribution in [3.8, 4) is 5.75 Å². The number of benzene rings is 1. The molecule has 1 aliphatic carbocycles. The summed E-state index contributed by atoms with van der Waals surface area (Å²) in [6, 6.07) is 4.27. The molecule has 3 amide bonds. The van der Waals surface area contributed by atoms with Crippen LogP contribution in [-0.4, -0.2) is 75.9 Å². The first-order valence-corrected chi connectivity index (χ1v) is 14.6. The second-order valence-electron chi connectivity index (χ2n) is 11.7. The van der Waals surface area contributed by atoms with Gasteiger partial charge in [0.05, 0.1) is 10.0 Å². The van der Waals surface area contributed by atoms with Crippen LogP contribution in [0, 0.1) is 11.2 Å². The van der Waals surface area contributed by atoms with Crippen molar-refractivity contribution in [3.63, 3.8) is 0 Å². The number of carbonyl (C=O) groups is 3. The fraction of sp³-hybridized carbons (Fsp3) is 0.536. The van der Waals surface area contributed by atoms with Crippen molar-refractivity contribution in [2.75, 3.05) is 33.7 Å². The van der Waals surface area contributed by atoms with Crippen LogP contribution >= 0.6 is 15.9 Å². The van der Waals surface area contributed by atoms with E-state index in [-0.39, 0.29) is 28.8 Å². The Bertz CT molecular complexity index is 1450. The molecule has 1 aromatic carbocycles. The molecule has 2 aromatic rings. The van der Waals surface area contributed by atoms with Gasteiger partial charge in [-0.1, -0.05) is 6.07 Å². The number of carbonyl (C=O) groups excluding carboxylic acids is 3. The van der Waals surface area contributed by atoms with Gasteiger partial charge in [0, 0.05) is 39.1 Å². The van der Waals surface area contributed by atoms with Gasteiger partial charge in [-0.2, -0.15) is 0 Å². The predicted molar refractivity (Wildman–Crippen MR) is 151 cm³/mol. The second-order valence-corrected chi connectivity index (χ2v) is 12.5. The average molecular weight is 634 g/mol. The van der Waals surface area contributed by atoms with Crippen molar-refractivity contribution in [3.05, 3.63) is 55.9 Å². The van der Waals surface area contributed by atoms with Gasteiger partial charge in [-0.25, -0.2) is 9.37 Å². The van der Waals surface area contributed by atoms with Gasteiger partial charge in [0.15, 0.2) is 5.69 Å². The van der Waals surface area contributed by atoms with Gasteiger partial charge in [0.2, 0.25) is 5.75 Å². The first-order valence-electron chi connectivity index (χ1n) is 13.8. The maximum Gasteiger partial charge on any atom is 0.311 e. The monoisotopic (exact) mass is 632 g/mol. The molecule has 0 atom stereocenters. The van der Waals surface area contributed by atoms with Crippen molar-refractivity contribution in [1.82, 2.24) is 30.0 Å². The molecule has 11 nitrogen and oxygen atoms in total. The molecular formula is C28H34BrFN6O5. The molecule has 220 valence electrons. The summed E-state index contributed by atoms with van der Waals surface area (Å²) in [5.41, 5.74) is -2.10. The molecule has 1 saturated heterocycles. The van der Waals surface area contributed by atoms with Crippen molar-refractivity contribution >= 4 is 33.7 Å². The zero-order valence-electron chi connectivity index (χ0n) is 23.1. The summed E-state index contributed by atoms with van der Waals surface area (Å²) in [7, 11) is 2.96. The summed E-state index contributed by atoms with van der Waals surface area (Å²) in [6.07, 6.45) is 4.43. The molecule has 1 aromatic heterocycles. The first kappa shape index (κ1) is 29.2. The highest BCUT2D eigenvalue weighted by Crippen LogP contribution is 2.50. The quantitative estimate of drug-likeness (QED) is 0.413. The fourth-order valence-electron chi connectivity index (χ4n) is 6.33. The third-order valence-electron chi connectivity index (χ3n) is 8.59. The molecule has 0 unspecified atom stereocenters. The SMILES string of the molecule is CN(C)C(=O)C(=O)NC12CCC(CN3CCCC3)(CC1)Cn1c2nc(C(=O)NCc2ccc(F)c(Br)c2)c(O)c1=O. The number of hydrogen-bond acceptors (Lipinski definition) is 7. The topological polar surface area (TPSA) is 137 Å². The number of fused-ring (bicyclic) bond motifs is 2. The lowest BCUT2D eigenvalue weighted by Gasteiger charge is -2.43. The van der Waals surface area contributed by atoms with Gasteiger partial charge >= 0.3 is 11.8 Å². The van der Waals surface area contributed by atoms with Crippen LogP contribution in [0.4, 0.5) is 4.39 Å². The van der Waals surface area contributed by atoms with Gasteiger partial charge in [-0.05, 0) is 85.2 Å². The number of likely N-dealkylation sites (tertiary alicyclic amines) is 1. The highest BCUT2D eigenvalue weighted by atomic mass is 79.9. The third-order valence-corrected chi connectivity index (χ3v) is 9.20. The Kier molecular flexibility index (Phi) is 7.94. The first-order chi connectivity index (χ1) is 19.4. The molecule has 1 saturated carbocycles. The van der Waals surface area contributed by atoms with E-state index < -0.39 is 46.1 Å². The van der Waals surface area contributed by atoms with Crippen molar-refractivity contribution in [1.29, 1.82) is 0 Å². The molecular weight excluding hydrogens is 599 g/mol. The Morgan fingerprint density at radius 3 is 2.46 bits per heavy atom. The molecule has 2 fully saturated rings. The highest BCUT2D eigenvalue weighted by molar-refractivity contribution is 9.10. The van der Waals surface area contributed by atoms with E-state index >= 15 is 0 Å². The lowest BCUT2D eigenvalue weighted by Crippen LogP contribution is -2.54. The summed E-state index contributed by atoms with van der Waals surface area (Å²) in [4.78, 5) is 60.5. The number of halogens is 2. The number of aromatic nitrogens is 2. The van der Waals surface area contributed by atoms with Crippen molar-refractivity contribution in [2.24, 2.45) is 5.41 Å². The molecule has 0 radical (unpaired) electrons. The Morgan fingerprint density at radius 2 is 1.83 bits per heavy atom. The molecule has 0 spiro atoms. The average Bonchev–Trinajstić information content (AvgIpc) is 3.36. The number of amides is 3. The van der Waals surface area contributed by atoms with Crippen LogP contribution in [0.15, 0.2) is 27.5 Å². The minimum Gasteiger partial charge on any atom is -0.501 e. The van der Waals surface area contributed by atoms with Gasteiger partial charge in [-0.15, -0.1) is 0 Å². The smallest absolute Gasteiger partial charge is 0.311 e. The third kappa shape index (κ3) is 5.61. The van der Waals surface area contributed by atoms with Gasteiger partial charge in [-0.3, -0.25) is 23.7 Å². The zero-order valence-corrected chi connectivity index (χ0v) is 24.7. The zero-order chi connectivity index (χ0) is 29.5. The number of nitrogens with one attached hydrogen (secondary N) is 2. The van der Waals surface area contributed by atoms with E-state index in [0.29, 0.717) is 31.2 Å². The minimum atomic E-state index is -1.17. The number of likely N-dealkylation sites (N-methyl/N-ethyl adjacent to an activating group) is 1. The minimum absolute atomic E-state index is 0.00455.